The van der Waals surface area contributed by atoms with Crippen LogP contribution < -0.4 is 28.3 Å². The van der Waals surface area contributed by atoms with E-state index in [0.717, 1.165) is 77.9 Å². The third-order valence-corrected chi connectivity index (χ3v) is 27.8. The van der Waals surface area contributed by atoms with Gasteiger partial charge in [0.05, 0.1) is 114 Å². The minimum Gasteiger partial charge on any atom is -0.505 e. The van der Waals surface area contributed by atoms with E-state index in [-0.39, 0.29) is 66.1 Å². The highest BCUT2D eigenvalue weighted by molar-refractivity contribution is 7.92. The molecule has 0 saturated carbocycles. The topological polar surface area (TPSA) is 966 Å². The first-order valence-corrected chi connectivity index (χ1v) is 54.0. The summed E-state index contributed by atoms with van der Waals surface area (Å²) >= 11 is 0. The Labute approximate surface area is 815 Å². The third-order valence-electron chi connectivity index (χ3n) is 17.8. The summed E-state index contributed by atoms with van der Waals surface area (Å²) in [6.45, 7) is 2.62. The number of aromatic hydroxyl groups is 3. The molecular weight excluding hydrogens is 2140 g/mol. The van der Waals surface area contributed by atoms with E-state index in [1.807, 2.05) is 26.0 Å². The number of phenols is 3. The van der Waals surface area contributed by atoms with Gasteiger partial charge in [-0.1, -0.05) is 47.5 Å². The lowest BCUT2D eigenvalue weighted by molar-refractivity contribution is 0.0696. The van der Waals surface area contributed by atoms with Crippen LogP contribution in [0.3, 0.4) is 0 Å². The number of hydrogen-bond acceptors (Lipinski definition) is 48. The number of nitrogen functional groups attached to an aromatic ring is 3. The number of anilines is 4. The van der Waals surface area contributed by atoms with E-state index in [2.05, 4.69) is 89.5 Å². The number of aryl methyl sites for hydroxylation is 3. The van der Waals surface area contributed by atoms with Crippen molar-refractivity contribution in [3.63, 3.8) is 0 Å². The highest BCUT2D eigenvalue weighted by Crippen LogP contribution is 2.50. The van der Waals surface area contributed by atoms with Crippen molar-refractivity contribution in [1.29, 1.82) is 0 Å². The fourth-order valence-electron chi connectivity index (χ4n) is 11.2. The molecular formula is C75H71N19O39S11. The quantitative estimate of drug-likeness (QED) is 0.00996. The van der Waals surface area contributed by atoms with Gasteiger partial charge >= 0.3 is 53.8 Å². The number of hydrogen-bond donors (Lipinski definition) is 16. The van der Waals surface area contributed by atoms with Crippen molar-refractivity contribution in [3.8, 4) is 17.2 Å². The molecule has 0 aromatic heterocycles. The normalized spacial score (nSPS) is 12.7. The monoisotopic (exact) mass is 2210 g/mol. The number of carbonyl (C=O) groups is 2. The van der Waals surface area contributed by atoms with Gasteiger partial charge in [0.15, 0.2) is 46.7 Å². The zero-order valence-electron chi connectivity index (χ0n) is 72.5. The molecule has 11 rings (SSSR count). The molecule has 0 bridgehead atoms. The number of primary amides is 1. The number of amides is 2. The minimum atomic E-state index is -5.16. The summed E-state index contributed by atoms with van der Waals surface area (Å²) in [4.78, 5) is 19.2. The molecule has 20 N–H and O–H groups in total. The zero-order chi connectivity index (χ0) is 108. The summed E-state index contributed by atoms with van der Waals surface area (Å²) in [5.74, 6) is -6.24. The van der Waals surface area contributed by atoms with Crippen molar-refractivity contribution in [2.24, 2.45) is 77.3 Å². The fraction of sp³-hybridized carbons (Fsp3) is 0.120. The Morgan fingerprint density at radius 3 is 1.12 bits per heavy atom. The first-order chi connectivity index (χ1) is 66.6. The Hall–Kier alpha value is -14.9. The lowest BCUT2D eigenvalue weighted by atomic mass is 10.1. The van der Waals surface area contributed by atoms with Crippen molar-refractivity contribution in [2.45, 2.75) is 55.0 Å². The molecule has 0 unspecified atom stereocenters. The van der Waals surface area contributed by atoms with E-state index in [9.17, 15) is 132 Å². The lowest BCUT2D eigenvalue weighted by Gasteiger charge is -2.12. The van der Waals surface area contributed by atoms with Crippen LogP contribution in [-0.2, 0) is 124 Å². The molecule has 0 atom stereocenters. The zero-order valence-corrected chi connectivity index (χ0v) is 81.5. The van der Waals surface area contributed by atoms with E-state index in [4.69, 9.17) is 49.2 Å². The van der Waals surface area contributed by atoms with Crippen LogP contribution in [0.5, 0.6) is 17.2 Å². The maximum absolute atomic E-state index is 12.6. The molecule has 69 heteroatoms. The fourth-order valence-corrected chi connectivity index (χ4v) is 18.4. The molecule has 2 amide bonds. The molecule has 0 aliphatic heterocycles. The summed E-state index contributed by atoms with van der Waals surface area (Å²) in [6.07, 6.45) is 0. The second-order valence-corrected chi connectivity index (χ2v) is 43.8. The molecule has 0 spiro atoms. The highest BCUT2D eigenvalue weighted by atomic mass is 32.3. The van der Waals surface area contributed by atoms with E-state index in [0.29, 0.717) is 23.0 Å². The molecule has 58 nitrogen and oxygen atoms in total. The maximum atomic E-state index is 12.6. The Morgan fingerprint density at radius 2 is 0.681 bits per heavy atom. The van der Waals surface area contributed by atoms with E-state index in [1.54, 1.807) is 43.3 Å². The molecule has 0 radical (unpaired) electrons. The second kappa shape index (κ2) is 46.9. The molecule has 11 aromatic rings. The van der Waals surface area contributed by atoms with Crippen LogP contribution >= 0.6 is 0 Å². The molecule has 0 saturated heterocycles. The van der Waals surface area contributed by atoms with Crippen molar-refractivity contribution in [1.82, 2.24) is 0 Å². The van der Waals surface area contributed by atoms with E-state index in [1.165, 1.54) is 60.7 Å². The number of aromatic carboxylic acids is 1. The molecule has 11 aromatic carbocycles. The van der Waals surface area contributed by atoms with Crippen LogP contribution in [0.15, 0.2) is 288 Å². The Kier molecular flexibility index (Phi) is 37.3. The number of azo groups is 7. The predicted octanol–water partition coefficient (Wildman–Crippen LogP) is 12.9. The first kappa shape index (κ1) is 114. The molecule has 144 heavy (non-hydrogen) atoms. The van der Waals surface area contributed by atoms with Crippen molar-refractivity contribution in [3.05, 3.63) is 204 Å². The number of carboxylic acids is 1. The Morgan fingerprint density at radius 1 is 0.333 bits per heavy atom. The lowest BCUT2D eigenvalue weighted by Crippen LogP contribution is -2.19. The second-order valence-electron chi connectivity index (χ2n) is 28.2. The van der Waals surface area contributed by atoms with Crippen LogP contribution in [0.1, 0.15) is 27.0 Å². The van der Waals surface area contributed by atoms with Gasteiger partial charge in [-0.15, -0.1) is 58.7 Å². The minimum absolute atomic E-state index is 0.00446. The summed E-state index contributed by atoms with van der Waals surface area (Å²) in [5, 5.41) is 98.1. The largest absolute Gasteiger partial charge is 0.505 e. The van der Waals surface area contributed by atoms with Gasteiger partial charge in [-0.2, -0.15) is 84.5 Å². The molecule has 0 aliphatic carbocycles. The van der Waals surface area contributed by atoms with Crippen LogP contribution in [0.2, 0.25) is 0 Å². The molecule has 0 aliphatic rings. The van der Waals surface area contributed by atoms with Gasteiger partial charge in [0.25, 0.3) is 40.5 Å². The summed E-state index contributed by atoms with van der Waals surface area (Å²) < 4.78 is 336. The number of nitrogens with zero attached hydrogens (tertiary/aromatic N) is 14. The van der Waals surface area contributed by atoms with Crippen LogP contribution in [0.25, 0.3) is 10.8 Å². The number of fused-ring (bicyclic) bond motifs is 1. The van der Waals surface area contributed by atoms with E-state index >= 15 is 0 Å². The van der Waals surface area contributed by atoms with Crippen LogP contribution in [0, 0.1) is 20.8 Å². The van der Waals surface area contributed by atoms with Gasteiger partial charge < -0.3 is 48.7 Å². The SMILES string of the molecule is Cc1ccc(N=Nc2c(C(=O)O)cc(O)c(N=Nc3ccc(N=Nc4ccc(S(=O)(=O)CCOS(=O)(=O)O)cc4S(=O)(=O)O)c(NC(N)=O)c3)c2O)cc1.Cc1ccc(N=Nc2cc(S(=O)(=O)O)c(N)c(N=Nc3ccc(S(=O)(=O)CCOS(=O)(=O)O)cc3)c2N)c(S(=O)(=O)O)c1.Cc1ccc(N=Nc2ccc3cc(S(=O)(=O)O)c(N=Nc4ccc(S(=O)(=O)CCOS(=O)(=O)O)cc4)c(N)c3c2O)cc1.O=S(=O)=O. The van der Waals surface area contributed by atoms with Crippen molar-refractivity contribution in [2.75, 3.05) is 59.6 Å². The number of rotatable bonds is 35. The van der Waals surface area contributed by atoms with Gasteiger partial charge in [0, 0.05) is 0 Å². The molecule has 0 heterocycles. The Bertz CT molecular complexity index is 8500. The summed E-state index contributed by atoms with van der Waals surface area (Å²) in [5.41, 5.74) is 20.6. The number of carbonyl (C=O) groups excluding carboxylic acids is 1. The number of nitrogens with two attached hydrogens (primary N) is 4. The van der Waals surface area contributed by atoms with Crippen LogP contribution in [0.4, 0.5) is 107 Å². The van der Waals surface area contributed by atoms with E-state index < -0.39 is 254 Å². The van der Waals surface area contributed by atoms with Gasteiger partial charge in [-0.3, -0.25) is 31.9 Å². The Balaban J connectivity index is 0.000000261. The number of benzene rings is 11. The predicted molar refractivity (Wildman–Crippen MR) is 501 cm³/mol. The summed E-state index contributed by atoms with van der Waals surface area (Å²) in [6, 6.07) is 36.7. The van der Waals surface area contributed by atoms with Crippen molar-refractivity contribution >= 4 is 237 Å². The average molecular weight is 2220 g/mol. The molecule has 766 valence electrons. The van der Waals surface area contributed by atoms with Crippen molar-refractivity contribution < 1.29 is 171 Å². The van der Waals surface area contributed by atoms with Gasteiger partial charge in [-0.25, -0.2) is 47.4 Å². The van der Waals surface area contributed by atoms with Crippen LogP contribution in [-0.4, -0.2) is 198 Å². The third kappa shape index (κ3) is 33.4. The number of nitrogens with one attached hydrogen (secondary N) is 1. The van der Waals surface area contributed by atoms with Gasteiger partial charge in [0.1, 0.15) is 70.8 Å². The van der Waals surface area contributed by atoms with Gasteiger partial charge in [0.2, 0.25) is 0 Å². The standard InChI is InChI=1S/C29H26N8O14S3.C25H23N5O10S3.C21H22N6O12S4.O3S/c1-15-2-4-16(5-3-15)32-36-25-19(28(40)41)14-23(38)26(27(25)39)37-33-17-6-8-20(22(12-17)31-29(30)42)34-35-21-9-7-18(13-24(21)53(45,46)47)52(43,44)11-10-51-54(48,49)50;1-15-2-5-17(6-3-15)27-29-20-11-4-16-14-21(42(34,35)36)24(23(26)22(16)25(20)31)30-28-18-7-9-19(10-8-18)41(32,33)13-12-40-43(37,38)39;1-12-2-7-15(17(10-12)41(30,31)32)25-26-16-11-18(42(33,34)35)20(23)21(19(16)22)27-24-13-3-5-14(6-4-13)40(28,29)9-8-39-43(36,37)38;1-4(2)3/h2-9,12-14,38-39H,10-11H2,1H3,(H,40,41)(H3,30,31,42)(H,45,46,47)(H,48,49,50);2-11,14,31H,12-13,26H2,1H3,(H,34,35,36)(H,37,38,39);2-7,10-11H,8-9,22-23H2,1H3,(H,30,31,32)(H,33,34,35)(H,36,37,38);. The first-order valence-electron chi connectivity index (χ1n) is 38.2. The summed E-state index contributed by atoms with van der Waals surface area (Å²) in [7, 11) is -49.9. The average Bonchev–Trinajstić information content (AvgIpc) is 0.755. The highest BCUT2D eigenvalue weighted by Gasteiger charge is 2.30. The smallest absolute Gasteiger partial charge is 0.425 e. The number of urea groups is 1. The van der Waals surface area contributed by atoms with Gasteiger partial charge in [-0.05, 0) is 177 Å². The number of carboxylic acid groups (broad SMARTS) is 1. The number of sulfone groups is 3. The number of phenolic OH excluding ortho intramolecular Hbond substituents is 3. The molecule has 0 fully saturated rings. The maximum Gasteiger partial charge on any atom is 0.425 e.